The van der Waals surface area contributed by atoms with Crippen LogP contribution in [0.4, 0.5) is 4.39 Å². The minimum absolute atomic E-state index is 0.0488. The molecule has 0 unspecified atom stereocenters. The third-order valence-corrected chi connectivity index (χ3v) is 6.67. The molecule has 6 rings (SSSR count). The molecular formula is C24H17FN4O6. The summed E-state index contributed by atoms with van der Waals surface area (Å²) in [6, 6.07) is 8.26. The quantitative estimate of drug-likeness (QED) is 0.364. The predicted molar refractivity (Wildman–Crippen MR) is 121 cm³/mol. The predicted octanol–water partition coefficient (Wildman–Crippen LogP) is 1.06. The van der Waals surface area contributed by atoms with Gasteiger partial charge in [0.1, 0.15) is 6.61 Å². The van der Waals surface area contributed by atoms with E-state index in [-0.39, 0.29) is 36.3 Å². The van der Waals surface area contributed by atoms with Crippen LogP contribution >= 0.6 is 0 Å². The number of esters is 1. The fourth-order valence-corrected chi connectivity index (χ4v) is 4.76. The molecule has 2 N–H and O–H groups in total. The van der Waals surface area contributed by atoms with Crippen LogP contribution in [0.15, 0.2) is 50.9 Å². The monoisotopic (exact) mass is 476 g/mol. The van der Waals surface area contributed by atoms with Crippen molar-refractivity contribution in [3.63, 3.8) is 0 Å². The van der Waals surface area contributed by atoms with Gasteiger partial charge >= 0.3 is 11.7 Å². The number of rotatable bonds is 2. The number of carbonyl (C=O) groups is 1. The van der Waals surface area contributed by atoms with Crippen LogP contribution in [-0.4, -0.2) is 30.2 Å². The highest BCUT2D eigenvalue weighted by Crippen LogP contribution is 2.38. The first-order chi connectivity index (χ1) is 16.7. The first-order valence-electron chi connectivity index (χ1n) is 10.8. The third-order valence-electron chi connectivity index (χ3n) is 6.67. The Labute approximate surface area is 194 Å². The van der Waals surface area contributed by atoms with Gasteiger partial charge in [0.15, 0.2) is 5.60 Å². The molecule has 0 aliphatic carbocycles. The minimum atomic E-state index is -1.91. The molecule has 0 saturated carbocycles. The minimum Gasteiger partial charge on any atom is -0.458 e. The fourth-order valence-electron chi connectivity index (χ4n) is 4.76. The number of pyridine rings is 2. The van der Waals surface area contributed by atoms with Crippen molar-refractivity contribution in [1.29, 1.82) is 0 Å². The SMILES string of the molecule is CC[C@@]1(O)C(=O)OCc2c1cc1n(c2=O)Cc2cc3cc(-n4cc(F)c(=O)[nH]c4=O)ccc3nc2-1. The molecule has 11 heteroatoms. The largest absolute Gasteiger partial charge is 0.458 e. The summed E-state index contributed by atoms with van der Waals surface area (Å²) in [5.74, 6) is -1.88. The maximum absolute atomic E-state index is 13.8. The van der Waals surface area contributed by atoms with E-state index in [9.17, 15) is 28.7 Å². The lowest BCUT2D eigenvalue weighted by Gasteiger charge is -2.31. The Bertz CT molecular complexity index is 1790. The molecule has 0 spiro atoms. The molecule has 1 atom stereocenters. The fraction of sp³-hybridized carbons (Fsp3) is 0.208. The Morgan fingerprint density at radius 3 is 2.77 bits per heavy atom. The maximum Gasteiger partial charge on any atom is 0.343 e. The topological polar surface area (TPSA) is 136 Å². The van der Waals surface area contributed by atoms with Crippen molar-refractivity contribution in [1.82, 2.24) is 19.1 Å². The molecule has 4 aromatic rings. The zero-order chi connectivity index (χ0) is 24.6. The van der Waals surface area contributed by atoms with E-state index in [1.165, 1.54) is 4.57 Å². The van der Waals surface area contributed by atoms with E-state index in [1.54, 1.807) is 31.2 Å². The maximum atomic E-state index is 13.8. The number of nitrogens with zero attached hydrogens (tertiary/aromatic N) is 3. The molecule has 176 valence electrons. The number of ether oxygens (including phenoxy) is 1. The number of carbonyl (C=O) groups excluding carboxylic acids is 1. The number of nitrogens with one attached hydrogen (secondary N) is 1. The molecule has 0 amide bonds. The second-order valence-electron chi connectivity index (χ2n) is 8.58. The van der Waals surface area contributed by atoms with Gasteiger partial charge < -0.3 is 14.4 Å². The van der Waals surface area contributed by atoms with Gasteiger partial charge in [-0.1, -0.05) is 6.92 Å². The van der Waals surface area contributed by atoms with Gasteiger partial charge in [-0.05, 0) is 36.8 Å². The number of aromatic nitrogens is 4. The Morgan fingerprint density at radius 1 is 1.20 bits per heavy atom. The zero-order valence-electron chi connectivity index (χ0n) is 18.3. The van der Waals surface area contributed by atoms with Gasteiger partial charge in [0.25, 0.3) is 11.1 Å². The molecule has 0 saturated heterocycles. The molecule has 2 aliphatic rings. The van der Waals surface area contributed by atoms with Crippen LogP contribution in [0.1, 0.15) is 30.0 Å². The standard InChI is InChI=1S/C24H17FN4O6/c1-2-24(34)15-7-18-19-12(8-29(18)21(31)14(15)10-35-22(24)32)5-11-6-13(3-4-17(11)26-19)28-9-16(25)20(30)27-23(28)33/h3-7,9,34H,2,8,10H2,1H3,(H,27,30,33)/t24-/m0/s1. The first kappa shape index (κ1) is 21.2. The van der Waals surface area contributed by atoms with Crippen molar-refractivity contribution in [3.8, 4) is 17.1 Å². The van der Waals surface area contributed by atoms with Crippen LogP contribution in [0.5, 0.6) is 0 Å². The number of cyclic esters (lactones) is 1. The highest BCUT2D eigenvalue weighted by Gasteiger charge is 2.45. The van der Waals surface area contributed by atoms with E-state index in [1.807, 2.05) is 11.1 Å². The van der Waals surface area contributed by atoms with Gasteiger partial charge in [0.05, 0.1) is 40.9 Å². The Balaban J connectivity index is 1.52. The summed E-state index contributed by atoms with van der Waals surface area (Å²) in [6.45, 7) is 1.64. The van der Waals surface area contributed by atoms with Gasteiger partial charge in [0.2, 0.25) is 5.82 Å². The van der Waals surface area contributed by atoms with Crippen LogP contribution < -0.4 is 16.8 Å². The van der Waals surface area contributed by atoms with Crippen LogP contribution in [0.3, 0.4) is 0 Å². The van der Waals surface area contributed by atoms with Crippen molar-refractivity contribution in [2.45, 2.75) is 32.1 Å². The molecule has 10 nitrogen and oxygen atoms in total. The van der Waals surface area contributed by atoms with E-state index in [2.05, 4.69) is 0 Å². The third kappa shape index (κ3) is 2.88. The molecule has 0 radical (unpaired) electrons. The first-order valence-corrected chi connectivity index (χ1v) is 10.8. The van der Waals surface area contributed by atoms with Crippen LogP contribution in [0.2, 0.25) is 0 Å². The van der Waals surface area contributed by atoms with E-state index in [0.29, 0.717) is 28.0 Å². The average molecular weight is 476 g/mol. The molecule has 35 heavy (non-hydrogen) atoms. The molecular weight excluding hydrogens is 459 g/mol. The molecule has 5 heterocycles. The zero-order valence-corrected chi connectivity index (χ0v) is 18.3. The van der Waals surface area contributed by atoms with Crippen LogP contribution in [0.25, 0.3) is 28.0 Å². The van der Waals surface area contributed by atoms with Crippen LogP contribution in [-0.2, 0) is 28.3 Å². The van der Waals surface area contributed by atoms with Crippen molar-refractivity contribution in [3.05, 3.63) is 90.2 Å². The Morgan fingerprint density at radius 2 is 2.00 bits per heavy atom. The van der Waals surface area contributed by atoms with Crippen molar-refractivity contribution in [2.24, 2.45) is 0 Å². The summed E-state index contributed by atoms with van der Waals surface area (Å²) < 4.78 is 21.3. The Kier molecular flexibility index (Phi) is 4.27. The molecule has 3 aromatic heterocycles. The number of hydrogen-bond donors (Lipinski definition) is 2. The lowest BCUT2D eigenvalue weighted by molar-refractivity contribution is -0.172. The molecule has 2 aliphatic heterocycles. The second-order valence-corrected chi connectivity index (χ2v) is 8.58. The van der Waals surface area contributed by atoms with E-state index < -0.39 is 28.6 Å². The number of hydrogen-bond acceptors (Lipinski definition) is 7. The Hall–Kier alpha value is -4.38. The summed E-state index contributed by atoms with van der Waals surface area (Å²) >= 11 is 0. The smallest absolute Gasteiger partial charge is 0.343 e. The normalized spacial score (nSPS) is 18.2. The van der Waals surface area contributed by atoms with E-state index in [4.69, 9.17) is 9.72 Å². The van der Waals surface area contributed by atoms with Gasteiger partial charge in [0, 0.05) is 16.5 Å². The number of halogens is 1. The summed E-state index contributed by atoms with van der Waals surface area (Å²) in [4.78, 5) is 55.7. The average Bonchev–Trinajstić information content (AvgIpc) is 3.20. The van der Waals surface area contributed by atoms with Gasteiger partial charge in [-0.2, -0.15) is 4.39 Å². The molecule has 0 fully saturated rings. The summed E-state index contributed by atoms with van der Waals surface area (Å²) in [6.07, 6.45) is 0.870. The lowest BCUT2D eigenvalue weighted by Crippen LogP contribution is -2.44. The van der Waals surface area contributed by atoms with Gasteiger partial charge in [-0.3, -0.25) is 19.1 Å². The lowest BCUT2D eigenvalue weighted by atomic mass is 9.86. The second kappa shape index (κ2) is 7.06. The van der Waals surface area contributed by atoms with Crippen molar-refractivity contribution >= 4 is 16.9 Å². The number of benzene rings is 1. The summed E-state index contributed by atoms with van der Waals surface area (Å²) in [5, 5.41) is 11.6. The number of aliphatic hydroxyl groups is 1. The van der Waals surface area contributed by atoms with Gasteiger partial charge in [-0.25, -0.2) is 14.6 Å². The van der Waals surface area contributed by atoms with Crippen molar-refractivity contribution in [2.75, 3.05) is 0 Å². The van der Waals surface area contributed by atoms with Crippen molar-refractivity contribution < 1.29 is 19.0 Å². The van der Waals surface area contributed by atoms with E-state index >= 15 is 0 Å². The summed E-state index contributed by atoms with van der Waals surface area (Å²) in [7, 11) is 0. The number of fused-ring (bicyclic) bond motifs is 5. The molecule has 0 bridgehead atoms. The number of H-pyrrole nitrogens is 1. The van der Waals surface area contributed by atoms with E-state index in [0.717, 1.165) is 16.3 Å². The highest BCUT2D eigenvalue weighted by atomic mass is 19.1. The van der Waals surface area contributed by atoms with Gasteiger partial charge in [-0.15, -0.1) is 0 Å². The number of aromatic amines is 1. The molecule has 1 aromatic carbocycles. The van der Waals surface area contributed by atoms with Crippen LogP contribution in [0, 0.1) is 5.82 Å². The highest BCUT2D eigenvalue weighted by molar-refractivity contribution is 5.87. The summed E-state index contributed by atoms with van der Waals surface area (Å²) in [5.41, 5.74) is -1.07.